The predicted octanol–water partition coefficient (Wildman–Crippen LogP) is 3.50. The topological polar surface area (TPSA) is 46.9 Å². The van der Waals surface area contributed by atoms with Crippen LogP contribution in [0.25, 0.3) is 0 Å². The van der Waals surface area contributed by atoms with Gasteiger partial charge in [0.2, 0.25) is 5.91 Å². The molecule has 0 aliphatic carbocycles. The van der Waals surface area contributed by atoms with Gasteiger partial charge in [-0.2, -0.15) is 5.10 Å². The van der Waals surface area contributed by atoms with Crippen molar-refractivity contribution in [2.75, 3.05) is 5.32 Å². The highest BCUT2D eigenvalue weighted by Gasteiger charge is 2.16. The number of amides is 1. The number of aryl methyl sites for hydroxylation is 1. The van der Waals surface area contributed by atoms with Crippen molar-refractivity contribution in [3.63, 3.8) is 0 Å². The fourth-order valence-corrected chi connectivity index (χ4v) is 2.01. The van der Waals surface area contributed by atoms with Gasteiger partial charge >= 0.3 is 0 Å². The lowest BCUT2D eigenvalue weighted by Gasteiger charge is -2.13. The van der Waals surface area contributed by atoms with Gasteiger partial charge in [0.25, 0.3) is 0 Å². The molecule has 1 aromatic carbocycles. The molecule has 2 rings (SSSR count). The van der Waals surface area contributed by atoms with E-state index in [-0.39, 0.29) is 23.9 Å². The van der Waals surface area contributed by atoms with E-state index in [1.54, 1.807) is 13.1 Å². The van der Waals surface area contributed by atoms with Crippen molar-refractivity contribution in [1.82, 2.24) is 9.78 Å². The second kappa shape index (κ2) is 6.68. The number of nitrogens with zero attached hydrogens (tertiary/aromatic N) is 2. The highest BCUT2D eigenvalue weighted by Crippen LogP contribution is 2.19. The van der Waals surface area contributed by atoms with Crippen molar-refractivity contribution in [2.24, 2.45) is 5.92 Å². The molecule has 0 aliphatic heterocycles. The maximum Gasteiger partial charge on any atom is 0.228 e. The fourth-order valence-electron chi connectivity index (χ4n) is 2.01. The first-order valence-corrected chi connectivity index (χ1v) is 7.19. The molecule has 0 saturated heterocycles. The Morgan fingerprint density at radius 1 is 1.41 bits per heavy atom. The van der Waals surface area contributed by atoms with Crippen molar-refractivity contribution in [1.29, 1.82) is 0 Å². The number of anilines is 1. The second-order valence-electron chi connectivity index (χ2n) is 5.37. The second-order valence-corrected chi connectivity index (χ2v) is 5.37. The van der Waals surface area contributed by atoms with Crippen molar-refractivity contribution >= 4 is 11.7 Å². The van der Waals surface area contributed by atoms with Crippen LogP contribution in [-0.2, 0) is 11.3 Å². The summed E-state index contributed by atoms with van der Waals surface area (Å²) in [6.45, 7) is 5.61. The maximum atomic E-state index is 13.7. The molecule has 0 fully saturated rings. The Morgan fingerprint density at radius 3 is 2.82 bits per heavy atom. The van der Waals surface area contributed by atoms with E-state index in [1.165, 1.54) is 4.68 Å². The number of hydrogen-bond acceptors (Lipinski definition) is 2. The zero-order chi connectivity index (χ0) is 16.3. The van der Waals surface area contributed by atoms with E-state index in [1.807, 2.05) is 13.8 Å². The first kappa shape index (κ1) is 16.1. The molecule has 1 unspecified atom stereocenters. The van der Waals surface area contributed by atoms with Crippen LogP contribution in [0.3, 0.4) is 0 Å². The maximum absolute atomic E-state index is 13.7. The highest BCUT2D eigenvalue weighted by molar-refractivity contribution is 5.92. The van der Waals surface area contributed by atoms with E-state index >= 15 is 0 Å². The molecule has 4 nitrogen and oxygen atoms in total. The number of carbonyl (C=O) groups is 1. The normalized spacial score (nSPS) is 12.2. The van der Waals surface area contributed by atoms with Crippen LogP contribution in [0.1, 0.15) is 31.4 Å². The SMILES string of the molecule is CCC(C)C(=O)Nc1c(C)cnn1Cc1cc(F)ccc1F. The number of carbonyl (C=O) groups excluding carboxylic acids is 1. The molecular weight excluding hydrogens is 288 g/mol. The standard InChI is InChI=1S/C16H19F2N3O/c1-4-10(2)16(22)20-15-11(3)8-19-21(15)9-12-7-13(17)5-6-14(12)18/h5-8,10H,4,9H2,1-3H3,(H,20,22). The first-order valence-electron chi connectivity index (χ1n) is 7.19. The van der Waals surface area contributed by atoms with Crippen LogP contribution in [0, 0.1) is 24.5 Å². The third-order valence-electron chi connectivity index (χ3n) is 3.65. The van der Waals surface area contributed by atoms with Crippen molar-refractivity contribution in [3.8, 4) is 0 Å². The fraction of sp³-hybridized carbons (Fsp3) is 0.375. The number of aromatic nitrogens is 2. The average molecular weight is 307 g/mol. The Morgan fingerprint density at radius 2 is 2.14 bits per heavy atom. The summed E-state index contributed by atoms with van der Waals surface area (Å²) in [5.41, 5.74) is 0.954. The molecule has 0 spiro atoms. The van der Waals surface area contributed by atoms with Gasteiger partial charge in [-0.3, -0.25) is 4.79 Å². The van der Waals surface area contributed by atoms with Crippen molar-refractivity contribution < 1.29 is 13.6 Å². The Kier molecular flexibility index (Phi) is 4.90. The minimum atomic E-state index is -0.509. The molecule has 1 N–H and O–H groups in total. The van der Waals surface area contributed by atoms with Crippen LogP contribution in [0.2, 0.25) is 0 Å². The van der Waals surface area contributed by atoms with Gasteiger partial charge in [0.05, 0.1) is 12.7 Å². The third-order valence-corrected chi connectivity index (χ3v) is 3.65. The summed E-state index contributed by atoms with van der Waals surface area (Å²) in [5, 5.41) is 6.94. The molecule has 22 heavy (non-hydrogen) atoms. The van der Waals surface area contributed by atoms with E-state index < -0.39 is 11.6 Å². The summed E-state index contributed by atoms with van der Waals surface area (Å²) >= 11 is 0. The lowest BCUT2D eigenvalue weighted by atomic mass is 10.1. The van der Waals surface area contributed by atoms with Gasteiger partial charge in [-0.15, -0.1) is 0 Å². The number of halogens is 2. The van der Waals surface area contributed by atoms with E-state index in [2.05, 4.69) is 10.4 Å². The number of nitrogens with one attached hydrogen (secondary N) is 1. The van der Waals surface area contributed by atoms with Crippen LogP contribution in [-0.4, -0.2) is 15.7 Å². The lowest BCUT2D eigenvalue weighted by Crippen LogP contribution is -2.22. The molecular formula is C16H19F2N3O. The van der Waals surface area contributed by atoms with Crippen LogP contribution in [0.5, 0.6) is 0 Å². The number of hydrogen-bond donors (Lipinski definition) is 1. The minimum absolute atomic E-state index is 0.0492. The summed E-state index contributed by atoms with van der Waals surface area (Å²) < 4.78 is 28.5. The van der Waals surface area contributed by atoms with Gasteiger partial charge in [-0.1, -0.05) is 13.8 Å². The Balaban J connectivity index is 2.26. The van der Waals surface area contributed by atoms with Gasteiger partial charge in [0.1, 0.15) is 17.5 Å². The summed E-state index contributed by atoms with van der Waals surface area (Å²) in [6, 6.07) is 3.28. The zero-order valence-corrected chi connectivity index (χ0v) is 12.9. The Bertz CT molecular complexity index is 682. The third kappa shape index (κ3) is 3.50. The summed E-state index contributed by atoms with van der Waals surface area (Å²) in [6.07, 6.45) is 2.31. The van der Waals surface area contributed by atoms with Gasteiger partial charge in [0.15, 0.2) is 0 Å². The molecule has 0 saturated carbocycles. The summed E-state index contributed by atoms with van der Waals surface area (Å²) in [7, 11) is 0. The monoisotopic (exact) mass is 307 g/mol. The van der Waals surface area contributed by atoms with Gasteiger partial charge in [-0.25, -0.2) is 13.5 Å². The quantitative estimate of drug-likeness (QED) is 0.919. The molecule has 2 aromatic rings. The minimum Gasteiger partial charge on any atom is -0.310 e. The van der Waals surface area contributed by atoms with Crippen molar-refractivity contribution in [3.05, 3.63) is 47.2 Å². The summed E-state index contributed by atoms with van der Waals surface area (Å²) in [4.78, 5) is 12.0. The molecule has 0 aliphatic rings. The molecule has 118 valence electrons. The van der Waals surface area contributed by atoms with Crippen molar-refractivity contribution in [2.45, 2.75) is 33.7 Å². The van der Waals surface area contributed by atoms with Crippen LogP contribution >= 0.6 is 0 Å². The average Bonchev–Trinajstić information content (AvgIpc) is 2.83. The van der Waals surface area contributed by atoms with Gasteiger partial charge in [-0.05, 0) is 31.5 Å². The number of rotatable bonds is 5. The largest absolute Gasteiger partial charge is 0.310 e. The predicted molar refractivity (Wildman–Crippen MR) is 80.5 cm³/mol. The van der Waals surface area contributed by atoms with E-state index in [9.17, 15) is 13.6 Å². The highest BCUT2D eigenvalue weighted by atomic mass is 19.1. The smallest absolute Gasteiger partial charge is 0.228 e. The van der Waals surface area contributed by atoms with Crippen LogP contribution in [0.4, 0.5) is 14.6 Å². The molecule has 0 bridgehead atoms. The molecule has 6 heteroatoms. The van der Waals surface area contributed by atoms with E-state index in [0.29, 0.717) is 5.82 Å². The molecule has 1 heterocycles. The zero-order valence-electron chi connectivity index (χ0n) is 12.9. The number of benzene rings is 1. The van der Waals surface area contributed by atoms with Crippen LogP contribution < -0.4 is 5.32 Å². The van der Waals surface area contributed by atoms with E-state index in [0.717, 1.165) is 30.2 Å². The van der Waals surface area contributed by atoms with E-state index in [4.69, 9.17) is 0 Å². The lowest BCUT2D eigenvalue weighted by molar-refractivity contribution is -0.119. The molecule has 1 amide bonds. The van der Waals surface area contributed by atoms with Gasteiger partial charge < -0.3 is 5.32 Å². The van der Waals surface area contributed by atoms with Crippen LogP contribution in [0.15, 0.2) is 24.4 Å². The molecule has 1 aromatic heterocycles. The molecule has 1 atom stereocenters. The summed E-state index contributed by atoms with van der Waals surface area (Å²) in [5.74, 6) is -0.756. The first-order chi connectivity index (χ1) is 10.4. The molecule has 0 radical (unpaired) electrons. The Labute approximate surface area is 128 Å². The Hall–Kier alpha value is -2.24. The van der Waals surface area contributed by atoms with Gasteiger partial charge in [0, 0.05) is 17.0 Å².